The summed E-state index contributed by atoms with van der Waals surface area (Å²) in [5.74, 6) is 1.70. The minimum atomic E-state index is -0.520. The molecule has 0 aliphatic heterocycles. The van der Waals surface area contributed by atoms with E-state index in [0.29, 0.717) is 19.2 Å². The molecule has 3 rings (SSSR count). The summed E-state index contributed by atoms with van der Waals surface area (Å²) in [6.45, 7) is 0.838. The number of aryl methyl sites for hydroxylation is 1. The monoisotopic (exact) mass is 377 g/mol. The maximum atomic E-state index is 10.2. The summed E-state index contributed by atoms with van der Waals surface area (Å²) < 4.78 is 11.0. The molecule has 2 N–H and O–H groups in total. The van der Waals surface area contributed by atoms with Crippen molar-refractivity contribution in [1.82, 2.24) is 5.32 Å². The van der Waals surface area contributed by atoms with Gasteiger partial charge in [0.15, 0.2) is 0 Å². The van der Waals surface area contributed by atoms with Crippen molar-refractivity contribution in [2.24, 2.45) is 0 Å². The molecule has 26 heavy (non-hydrogen) atoms. The fraction of sp³-hybridized carbons (Fsp3) is 0.429. The third-order valence-corrected chi connectivity index (χ3v) is 4.71. The highest BCUT2D eigenvalue weighted by Crippen LogP contribution is 2.25. The second-order valence-electron chi connectivity index (χ2n) is 6.61. The lowest BCUT2D eigenvalue weighted by Crippen LogP contribution is -2.39. The number of methoxy groups -OCH3 is 1. The number of halogens is 1. The average Bonchev–Trinajstić information content (AvgIpc) is 2.86. The maximum Gasteiger partial charge on any atom is 0.119 e. The lowest BCUT2D eigenvalue weighted by Gasteiger charge is -2.20. The standard InChI is InChI=1S/C21H27NO3.ClH/c1-24-21-11-10-16-6-5-7-18(12-17(16)13-21)22-14-19(23)15-25-20-8-3-2-4-9-20;/h2-4,8-11,13,18-19,22-23H,5-7,12,14-15H2,1H3;1H/t18?,19-;/m0./s1. The van der Waals surface area contributed by atoms with Crippen molar-refractivity contribution in [3.63, 3.8) is 0 Å². The van der Waals surface area contributed by atoms with Gasteiger partial charge in [-0.3, -0.25) is 0 Å². The van der Waals surface area contributed by atoms with Crippen molar-refractivity contribution in [2.45, 2.75) is 37.8 Å². The van der Waals surface area contributed by atoms with E-state index < -0.39 is 6.10 Å². The zero-order chi connectivity index (χ0) is 17.5. The smallest absolute Gasteiger partial charge is 0.119 e. The van der Waals surface area contributed by atoms with Gasteiger partial charge in [-0.15, -0.1) is 12.4 Å². The molecule has 1 aliphatic carbocycles. The van der Waals surface area contributed by atoms with Gasteiger partial charge in [0.25, 0.3) is 0 Å². The Labute approximate surface area is 161 Å². The number of rotatable bonds is 7. The zero-order valence-electron chi connectivity index (χ0n) is 15.2. The Hall–Kier alpha value is -1.75. The van der Waals surface area contributed by atoms with E-state index in [0.717, 1.165) is 37.2 Å². The van der Waals surface area contributed by atoms with E-state index in [2.05, 4.69) is 17.4 Å². The number of aliphatic hydroxyl groups excluding tert-OH is 1. The number of benzene rings is 2. The first-order valence-corrected chi connectivity index (χ1v) is 8.99. The van der Waals surface area contributed by atoms with E-state index in [1.807, 2.05) is 36.4 Å². The van der Waals surface area contributed by atoms with Crippen molar-refractivity contribution < 1.29 is 14.6 Å². The van der Waals surface area contributed by atoms with E-state index in [4.69, 9.17) is 9.47 Å². The minimum Gasteiger partial charge on any atom is -0.497 e. The Morgan fingerprint density at radius 3 is 2.69 bits per heavy atom. The predicted octanol–water partition coefficient (Wildman–Crippen LogP) is 3.39. The highest BCUT2D eigenvalue weighted by molar-refractivity contribution is 5.85. The highest BCUT2D eigenvalue weighted by Gasteiger charge is 2.18. The molecule has 0 amide bonds. The van der Waals surface area contributed by atoms with E-state index in [-0.39, 0.29) is 12.4 Å². The van der Waals surface area contributed by atoms with Crippen LogP contribution in [0.2, 0.25) is 0 Å². The highest BCUT2D eigenvalue weighted by atomic mass is 35.5. The molecule has 0 spiro atoms. The third kappa shape index (κ3) is 5.90. The zero-order valence-corrected chi connectivity index (χ0v) is 16.0. The number of para-hydroxylation sites is 1. The Morgan fingerprint density at radius 2 is 1.92 bits per heavy atom. The molecular formula is C21H28ClNO3. The van der Waals surface area contributed by atoms with Gasteiger partial charge in [0, 0.05) is 12.6 Å². The van der Waals surface area contributed by atoms with Crippen LogP contribution in [-0.4, -0.2) is 37.5 Å². The molecule has 4 nitrogen and oxygen atoms in total. The van der Waals surface area contributed by atoms with Crippen molar-refractivity contribution in [2.75, 3.05) is 20.3 Å². The van der Waals surface area contributed by atoms with Crippen LogP contribution in [0.3, 0.4) is 0 Å². The van der Waals surface area contributed by atoms with Gasteiger partial charge in [-0.1, -0.05) is 24.3 Å². The molecule has 142 valence electrons. The summed E-state index contributed by atoms with van der Waals surface area (Å²) in [4.78, 5) is 0. The second kappa shape index (κ2) is 10.4. The van der Waals surface area contributed by atoms with Crippen molar-refractivity contribution >= 4 is 12.4 Å². The normalized spacial score (nSPS) is 17.4. The molecule has 1 aliphatic rings. The topological polar surface area (TPSA) is 50.7 Å². The average molecular weight is 378 g/mol. The van der Waals surface area contributed by atoms with Gasteiger partial charge in [0.1, 0.15) is 24.2 Å². The number of nitrogens with one attached hydrogen (secondary N) is 1. The van der Waals surface area contributed by atoms with Gasteiger partial charge in [0.2, 0.25) is 0 Å². The summed E-state index contributed by atoms with van der Waals surface area (Å²) in [6.07, 6.45) is 3.83. The lowest BCUT2D eigenvalue weighted by atomic mass is 10.0. The summed E-state index contributed by atoms with van der Waals surface area (Å²) in [7, 11) is 1.71. The van der Waals surface area contributed by atoms with Crippen LogP contribution < -0.4 is 14.8 Å². The van der Waals surface area contributed by atoms with Crippen molar-refractivity contribution in [3.8, 4) is 11.5 Å². The number of aliphatic hydroxyl groups is 1. The molecule has 0 aromatic heterocycles. The number of hydrogen-bond donors (Lipinski definition) is 2. The van der Waals surface area contributed by atoms with Crippen LogP contribution in [0.1, 0.15) is 24.0 Å². The van der Waals surface area contributed by atoms with Gasteiger partial charge in [-0.2, -0.15) is 0 Å². The van der Waals surface area contributed by atoms with Gasteiger partial charge < -0.3 is 19.9 Å². The fourth-order valence-electron chi connectivity index (χ4n) is 3.31. The first-order chi connectivity index (χ1) is 12.2. The lowest BCUT2D eigenvalue weighted by molar-refractivity contribution is 0.103. The molecular weight excluding hydrogens is 350 g/mol. The van der Waals surface area contributed by atoms with Crippen LogP contribution >= 0.6 is 12.4 Å². The third-order valence-electron chi connectivity index (χ3n) is 4.71. The van der Waals surface area contributed by atoms with Crippen LogP contribution in [0.15, 0.2) is 48.5 Å². The Kier molecular flexibility index (Phi) is 8.23. The van der Waals surface area contributed by atoms with Crippen molar-refractivity contribution in [3.05, 3.63) is 59.7 Å². The van der Waals surface area contributed by atoms with E-state index in [9.17, 15) is 5.11 Å². The molecule has 0 heterocycles. The molecule has 0 bridgehead atoms. The van der Waals surface area contributed by atoms with Gasteiger partial charge in [-0.25, -0.2) is 0 Å². The molecule has 0 fully saturated rings. The van der Waals surface area contributed by atoms with Crippen LogP contribution in [0, 0.1) is 0 Å². The van der Waals surface area contributed by atoms with E-state index >= 15 is 0 Å². The molecule has 0 saturated heterocycles. The van der Waals surface area contributed by atoms with Gasteiger partial charge >= 0.3 is 0 Å². The van der Waals surface area contributed by atoms with Crippen LogP contribution in [-0.2, 0) is 12.8 Å². The Balaban J connectivity index is 0.00000243. The number of ether oxygens (including phenoxy) is 2. The van der Waals surface area contributed by atoms with Gasteiger partial charge in [-0.05, 0) is 61.1 Å². The maximum absolute atomic E-state index is 10.2. The fourth-order valence-corrected chi connectivity index (χ4v) is 3.31. The molecule has 5 heteroatoms. The van der Waals surface area contributed by atoms with Crippen LogP contribution in [0.5, 0.6) is 11.5 Å². The Bertz CT molecular complexity index is 666. The first-order valence-electron chi connectivity index (χ1n) is 8.99. The SMILES string of the molecule is COc1ccc2c(c1)CC(NC[C@H](O)COc1ccccc1)CCC2.Cl. The quantitative estimate of drug-likeness (QED) is 0.726. The molecule has 2 atom stereocenters. The van der Waals surface area contributed by atoms with Gasteiger partial charge in [0.05, 0.1) is 7.11 Å². The summed E-state index contributed by atoms with van der Waals surface area (Å²) in [6, 6.07) is 16.3. The second-order valence-corrected chi connectivity index (χ2v) is 6.61. The summed E-state index contributed by atoms with van der Waals surface area (Å²) in [5.41, 5.74) is 2.77. The molecule has 1 unspecified atom stereocenters. The summed E-state index contributed by atoms with van der Waals surface area (Å²) in [5, 5.41) is 13.7. The molecule has 0 radical (unpaired) electrons. The van der Waals surface area contributed by atoms with Crippen LogP contribution in [0.25, 0.3) is 0 Å². The number of hydrogen-bond acceptors (Lipinski definition) is 4. The Morgan fingerprint density at radius 1 is 1.12 bits per heavy atom. The molecule has 2 aromatic carbocycles. The predicted molar refractivity (Wildman–Crippen MR) is 107 cm³/mol. The van der Waals surface area contributed by atoms with Crippen molar-refractivity contribution in [1.29, 1.82) is 0 Å². The minimum absolute atomic E-state index is 0. The van der Waals surface area contributed by atoms with Crippen LogP contribution in [0.4, 0.5) is 0 Å². The summed E-state index contributed by atoms with van der Waals surface area (Å²) >= 11 is 0. The van der Waals surface area contributed by atoms with E-state index in [1.54, 1.807) is 7.11 Å². The van der Waals surface area contributed by atoms with E-state index in [1.165, 1.54) is 11.1 Å². The first kappa shape index (κ1) is 20.6. The number of fused-ring (bicyclic) bond motifs is 1. The molecule has 2 aromatic rings. The molecule has 0 saturated carbocycles. The largest absolute Gasteiger partial charge is 0.497 e.